The summed E-state index contributed by atoms with van der Waals surface area (Å²) in [5.41, 5.74) is 6.08. The molecule has 1 aromatic heterocycles. The first-order valence-electron chi connectivity index (χ1n) is 3.99. The number of rotatable bonds is 4. The molecular weight excluding hydrogens is 188 g/mol. The van der Waals surface area contributed by atoms with Crippen molar-refractivity contribution < 1.29 is 9.90 Å². The number of nitrogens with two attached hydrogens (primary N) is 1. The second-order valence-corrected chi connectivity index (χ2v) is 3.77. The van der Waals surface area contributed by atoms with Crippen LogP contribution in [0.15, 0.2) is 5.38 Å². The van der Waals surface area contributed by atoms with Gasteiger partial charge in [-0.2, -0.15) is 0 Å². The monoisotopic (exact) mass is 200 g/mol. The lowest BCUT2D eigenvalue weighted by Gasteiger charge is -2.01. The van der Waals surface area contributed by atoms with Crippen molar-refractivity contribution in [2.24, 2.45) is 5.73 Å². The summed E-state index contributed by atoms with van der Waals surface area (Å²) in [5, 5.41) is 11.2. The molecule has 0 aliphatic rings. The Bertz CT molecular complexity index is 298. The summed E-state index contributed by atoms with van der Waals surface area (Å²) in [6, 6.07) is 0. The molecule has 0 saturated heterocycles. The number of hydrogen-bond donors (Lipinski definition) is 2. The van der Waals surface area contributed by atoms with Crippen LogP contribution < -0.4 is 5.73 Å². The van der Waals surface area contributed by atoms with Gasteiger partial charge in [-0.25, -0.2) is 4.98 Å². The van der Waals surface area contributed by atoms with E-state index in [1.54, 1.807) is 5.38 Å². The molecule has 5 heteroatoms. The van der Waals surface area contributed by atoms with E-state index in [2.05, 4.69) is 4.98 Å². The second kappa shape index (κ2) is 4.34. The summed E-state index contributed by atoms with van der Waals surface area (Å²) in [4.78, 5) is 14.5. The van der Waals surface area contributed by atoms with E-state index in [0.717, 1.165) is 5.01 Å². The molecule has 1 heterocycles. The molecule has 0 aromatic carbocycles. The maximum Gasteiger partial charge on any atom is 0.309 e. The Morgan fingerprint density at radius 3 is 3.08 bits per heavy atom. The number of nitrogens with zero attached hydrogens (tertiary/aromatic N) is 1. The van der Waals surface area contributed by atoms with Crippen LogP contribution in [0.1, 0.15) is 23.5 Å². The van der Waals surface area contributed by atoms with Gasteiger partial charge in [0, 0.05) is 17.8 Å². The van der Waals surface area contributed by atoms with Crippen LogP contribution in [0.25, 0.3) is 0 Å². The molecule has 72 valence electrons. The topological polar surface area (TPSA) is 76.2 Å². The average Bonchev–Trinajstić information content (AvgIpc) is 2.50. The van der Waals surface area contributed by atoms with Crippen molar-refractivity contribution in [1.29, 1.82) is 0 Å². The second-order valence-electron chi connectivity index (χ2n) is 2.88. The molecule has 0 aliphatic carbocycles. The van der Waals surface area contributed by atoms with Crippen molar-refractivity contribution in [3.05, 3.63) is 16.1 Å². The minimum atomic E-state index is -0.850. The molecule has 0 saturated carbocycles. The van der Waals surface area contributed by atoms with Gasteiger partial charge in [-0.15, -0.1) is 11.3 Å². The molecule has 0 amide bonds. The summed E-state index contributed by atoms with van der Waals surface area (Å²) in [7, 11) is 0. The molecule has 3 N–H and O–H groups in total. The predicted octanol–water partition coefficient (Wildman–Crippen LogP) is 0.832. The molecule has 0 bridgehead atoms. The lowest BCUT2D eigenvalue weighted by atomic mass is 10.2. The summed E-state index contributed by atoms with van der Waals surface area (Å²) in [6.45, 7) is 2.52. The SMILES string of the molecule is CC(CN)c1nc(CC(=O)O)cs1. The fraction of sp³-hybridized carbons (Fsp3) is 0.500. The van der Waals surface area contributed by atoms with Crippen molar-refractivity contribution in [3.63, 3.8) is 0 Å². The lowest BCUT2D eigenvalue weighted by Crippen LogP contribution is -2.09. The standard InChI is InChI=1S/C8H12N2O2S/c1-5(3-9)8-10-6(4-13-8)2-7(11)12/h4-5H,2-3,9H2,1H3,(H,11,12). The number of carbonyl (C=O) groups is 1. The van der Waals surface area contributed by atoms with Crippen LogP contribution in [0.4, 0.5) is 0 Å². The van der Waals surface area contributed by atoms with Crippen LogP contribution >= 0.6 is 11.3 Å². The highest BCUT2D eigenvalue weighted by Crippen LogP contribution is 2.18. The van der Waals surface area contributed by atoms with Gasteiger partial charge in [0.2, 0.25) is 0 Å². The molecule has 1 rings (SSSR count). The van der Waals surface area contributed by atoms with Gasteiger partial charge in [0.15, 0.2) is 0 Å². The van der Waals surface area contributed by atoms with Gasteiger partial charge >= 0.3 is 5.97 Å². The van der Waals surface area contributed by atoms with Gasteiger partial charge < -0.3 is 10.8 Å². The minimum Gasteiger partial charge on any atom is -0.481 e. The minimum absolute atomic E-state index is 0.00616. The maximum atomic E-state index is 10.4. The van der Waals surface area contributed by atoms with E-state index in [9.17, 15) is 4.79 Å². The van der Waals surface area contributed by atoms with Crippen molar-refractivity contribution in [3.8, 4) is 0 Å². The molecule has 1 unspecified atom stereocenters. The third-order valence-electron chi connectivity index (χ3n) is 1.68. The molecular formula is C8H12N2O2S. The third kappa shape index (κ3) is 2.78. The molecule has 4 nitrogen and oxygen atoms in total. The van der Waals surface area contributed by atoms with Crippen LogP contribution in [-0.4, -0.2) is 22.6 Å². The number of carboxylic acids is 1. The zero-order valence-corrected chi connectivity index (χ0v) is 8.17. The Labute approximate surface area is 80.4 Å². The number of aromatic nitrogens is 1. The zero-order valence-electron chi connectivity index (χ0n) is 7.36. The molecule has 0 spiro atoms. The van der Waals surface area contributed by atoms with Crippen molar-refractivity contribution >= 4 is 17.3 Å². The molecule has 0 radical (unpaired) electrons. The van der Waals surface area contributed by atoms with Crippen molar-refractivity contribution in [2.75, 3.05) is 6.54 Å². The highest BCUT2D eigenvalue weighted by Gasteiger charge is 2.10. The highest BCUT2D eigenvalue weighted by atomic mass is 32.1. The number of thiazole rings is 1. The fourth-order valence-electron chi connectivity index (χ4n) is 0.886. The number of hydrogen-bond acceptors (Lipinski definition) is 4. The highest BCUT2D eigenvalue weighted by molar-refractivity contribution is 7.09. The summed E-state index contributed by atoms with van der Waals surface area (Å²) in [5.74, 6) is -0.634. The Morgan fingerprint density at radius 2 is 2.54 bits per heavy atom. The summed E-state index contributed by atoms with van der Waals surface area (Å²) < 4.78 is 0. The Morgan fingerprint density at radius 1 is 1.85 bits per heavy atom. The third-order valence-corrected chi connectivity index (χ3v) is 2.80. The van der Waals surface area contributed by atoms with Gasteiger partial charge in [-0.3, -0.25) is 4.79 Å². The molecule has 1 atom stereocenters. The fourth-order valence-corrected chi connectivity index (χ4v) is 1.78. The van der Waals surface area contributed by atoms with E-state index in [1.807, 2.05) is 6.92 Å². The predicted molar refractivity (Wildman–Crippen MR) is 50.9 cm³/mol. The first-order valence-corrected chi connectivity index (χ1v) is 4.87. The summed E-state index contributed by atoms with van der Waals surface area (Å²) in [6.07, 6.45) is -0.00616. The van der Waals surface area contributed by atoms with E-state index in [4.69, 9.17) is 10.8 Å². The Hall–Kier alpha value is -0.940. The van der Waals surface area contributed by atoms with Gasteiger partial charge in [0.25, 0.3) is 0 Å². The smallest absolute Gasteiger partial charge is 0.309 e. The van der Waals surface area contributed by atoms with E-state index in [-0.39, 0.29) is 12.3 Å². The Balaban J connectivity index is 2.68. The first-order chi connectivity index (χ1) is 6.13. The quantitative estimate of drug-likeness (QED) is 0.754. The van der Waals surface area contributed by atoms with Gasteiger partial charge in [-0.1, -0.05) is 6.92 Å². The van der Waals surface area contributed by atoms with E-state index in [1.165, 1.54) is 11.3 Å². The maximum absolute atomic E-state index is 10.4. The molecule has 1 aromatic rings. The number of aliphatic carboxylic acids is 1. The van der Waals surface area contributed by atoms with Crippen LogP contribution in [0.5, 0.6) is 0 Å². The average molecular weight is 200 g/mol. The van der Waals surface area contributed by atoms with Crippen LogP contribution in [0.3, 0.4) is 0 Å². The Kier molecular flexibility index (Phi) is 3.39. The van der Waals surface area contributed by atoms with Gasteiger partial charge in [0.05, 0.1) is 17.1 Å². The first kappa shape index (κ1) is 10.1. The molecule has 0 fully saturated rings. The van der Waals surface area contributed by atoms with Crippen LogP contribution in [0.2, 0.25) is 0 Å². The van der Waals surface area contributed by atoms with Crippen molar-refractivity contribution in [2.45, 2.75) is 19.3 Å². The number of carboxylic acid groups (broad SMARTS) is 1. The van der Waals surface area contributed by atoms with Gasteiger partial charge in [-0.05, 0) is 0 Å². The van der Waals surface area contributed by atoms with E-state index < -0.39 is 5.97 Å². The van der Waals surface area contributed by atoms with Crippen LogP contribution in [0, 0.1) is 0 Å². The molecule has 0 aliphatic heterocycles. The zero-order chi connectivity index (χ0) is 9.84. The van der Waals surface area contributed by atoms with Crippen LogP contribution in [-0.2, 0) is 11.2 Å². The normalized spacial score (nSPS) is 12.8. The lowest BCUT2D eigenvalue weighted by molar-refractivity contribution is -0.136. The van der Waals surface area contributed by atoms with Gasteiger partial charge in [0.1, 0.15) is 0 Å². The molecule has 13 heavy (non-hydrogen) atoms. The van der Waals surface area contributed by atoms with E-state index >= 15 is 0 Å². The largest absolute Gasteiger partial charge is 0.481 e. The van der Waals surface area contributed by atoms with Crippen molar-refractivity contribution in [1.82, 2.24) is 4.98 Å². The summed E-state index contributed by atoms with van der Waals surface area (Å²) >= 11 is 1.47. The van der Waals surface area contributed by atoms with E-state index in [0.29, 0.717) is 12.2 Å².